The second kappa shape index (κ2) is 18.9. The highest BCUT2D eigenvalue weighted by atomic mass is 35.5. The Labute approximate surface area is 319 Å². The second-order valence-corrected chi connectivity index (χ2v) is 13.3. The average molecular weight is 749 g/mol. The molecule has 0 aliphatic carbocycles. The Bertz CT molecular complexity index is 2180. The van der Waals surface area contributed by atoms with Crippen LogP contribution in [0.5, 0.6) is 0 Å². The Kier molecular flexibility index (Phi) is 13.9. The van der Waals surface area contributed by atoms with E-state index in [2.05, 4.69) is 31.8 Å². The fraction of sp³-hybridized carbons (Fsp3) is 0.238. The molecule has 0 saturated heterocycles. The maximum atomic E-state index is 12.6. The number of aromatic amines is 2. The first-order valence-corrected chi connectivity index (χ1v) is 18.0. The number of aryl methyl sites for hydroxylation is 3. The molecule has 4 aromatic carbocycles. The molecule has 0 fully saturated rings. The molecule has 0 saturated carbocycles. The number of carbonyl (C=O) groups is 2. The number of nitrogens with two attached hydrogens (primary N) is 1. The zero-order valence-corrected chi connectivity index (χ0v) is 31.0. The highest BCUT2D eigenvalue weighted by molar-refractivity contribution is 6.31. The van der Waals surface area contributed by atoms with Crippen LogP contribution in [0.1, 0.15) is 66.0 Å². The zero-order valence-electron chi connectivity index (χ0n) is 30.3. The zero-order chi connectivity index (χ0) is 38.6. The largest absolute Gasteiger partial charge is 0.396 e. The topological polar surface area (TPSA) is 190 Å². The van der Waals surface area contributed by atoms with E-state index >= 15 is 0 Å². The van der Waals surface area contributed by atoms with Crippen molar-refractivity contribution in [1.29, 1.82) is 0 Å². The first-order chi connectivity index (χ1) is 26.1. The van der Waals surface area contributed by atoms with Gasteiger partial charge in [0.2, 0.25) is 5.91 Å². The van der Waals surface area contributed by atoms with Crippen molar-refractivity contribution in [3.63, 3.8) is 0 Å². The van der Waals surface area contributed by atoms with Crippen LogP contribution in [-0.2, 0) is 25.7 Å². The van der Waals surface area contributed by atoms with Gasteiger partial charge in [-0.3, -0.25) is 19.8 Å². The van der Waals surface area contributed by atoms with E-state index in [0.717, 1.165) is 79.6 Å². The smallest absolute Gasteiger partial charge is 0.251 e. The van der Waals surface area contributed by atoms with Gasteiger partial charge < -0.3 is 26.4 Å². The molecule has 0 spiro atoms. The highest BCUT2D eigenvalue weighted by Gasteiger charge is 2.16. The van der Waals surface area contributed by atoms with Crippen LogP contribution in [-0.4, -0.2) is 67.3 Å². The van der Waals surface area contributed by atoms with E-state index in [4.69, 9.17) is 27.5 Å². The van der Waals surface area contributed by atoms with Crippen molar-refractivity contribution in [3.05, 3.63) is 152 Å². The van der Waals surface area contributed by atoms with Gasteiger partial charge in [0.25, 0.3) is 5.91 Å². The molecule has 2 heterocycles. The first-order valence-electron chi connectivity index (χ1n) is 17.7. The van der Waals surface area contributed by atoms with Gasteiger partial charge >= 0.3 is 0 Å². The number of benzene rings is 4. The Balaban J connectivity index is 0.000000208. The average Bonchev–Trinajstić information content (AvgIpc) is 3.85. The lowest BCUT2D eigenvalue weighted by Crippen LogP contribution is -2.29. The third-order valence-corrected chi connectivity index (χ3v) is 9.51. The molecule has 54 heavy (non-hydrogen) atoms. The SMILES string of the molecule is Cc1c(CCc2ccccc2Cl)cc(-c2cc(CCO)n[nH]2)cc1C(N)=O.Cc1ccc(-c2cc(CCO)n[nH]2)cc1C(=O)NCC(O)c1ccccc1. The first kappa shape index (κ1) is 39.6. The van der Waals surface area contributed by atoms with Crippen molar-refractivity contribution in [2.75, 3.05) is 19.8 Å². The van der Waals surface area contributed by atoms with Crippen LogP contribution >= 0.6 is 11.6 Å². The summed E-state index contributed by atoms with van der Waals surface area (Å²) in [5.74, 6) is -0.692. The normalized spacial score (nSPS) is 11.4. The minimum absolute atomic E-state index is 0.0355. The number of primary amides is 1. The number of carbonyl (C=O) groups excluding carboxylic acids is 2. The van der Waals surface area contributed by atoms with Crippen LogP contribution in [0.4, 0.5) is 0 Å². The van der Waals surface area contributed by atoms with E-state index in [1.807, 2.05) is 92.7 Å². The molecule has 6 rings (SSSR count). The molecule has 1 atom stereocenters. The van der Waals surface area contributed by atoms with Gasteiger partial charge in [0.05, 0.1) is 28.9 Å². The molecule has 0 bridgehead atoms. The van der Waals surface area contributed by atoms with Gasteiger partial charge in [-0.25, -0.2) is 0 Å². The number of halogens is 1. The van der Waals surface area contributed by atoms with Crippen LogP contribution in [0.3, 0.4) is 0 Å². The summed E-state index contributed by atoms with van der Waals surface area (Å²) in [4.78, 5) is 24.5. The maximum Gasteiger partial charge on any atom is 0.251 e. The Hall–Kier alpha value is -5.59. The van der Waals surface area contributed by atoms with E-state index in [1.54, 1.807) is 12.1 Å². The molecule has 0 aliphatic rings. The van der Waals surface area contributed by atoms with Crippen LogP contribution in [0.2, 0.25) is 5.02 Å². The summed E-state index contributed by atoms with van der Waals surface area (Å²) >= 11 is 6.26. The number of amides is 2. The molecule has 0 aliphatic heterocycles. The van der Waals surface area contributed by atoms with E-state index in [-0.39, 0.29) is 25.7 Å². The molecule has 12 heteroatoms. The molecular formula is C42H45ClN6O5. The third-order valence-electron chi connectivity index (χ3n) is 9.14. The predicted octanol–water partition coefficient (Wildman–Crippen LogP) is 5.84. The van der Waals surface area contributed by atoms with Crippen LogP contribution in [0, 0.1) is 13.8 Å². The van der Waals surface area contributed by atoms with Gasteiger partial charge in [-0.1, -0.05) is 72.3 Å². The Morgan fingerprint density at radius 3 is 1.96 bits per heavy atom. The molecule has 0 radical (unpaired) electrons. The van der Waals surface area contributed by atoms with E-state index in [0.29, 0.717) is 24.0 Å². The fourth-order valence-electron chi connectivity index (χ4n) is 6.04. The lowest BCUT2D eigenvalue weighted by atomic mass is 9.93. The molecule has 2 amide bonds. The molecule has 8 N–H and O–H groups in total. The third kappa shape index (κ3) is 10.3. The van der Waals surface area contributed by atoms with Crippen molar-refractivity contribution in [3.8, 4) is 22.5 Å². The number of aliphatic hydroxyl groups excluding tert-OH is 3. The van der Waals surface area contributed by atoms with Crippen LogP contribution < -0.4 is 11.1 Å². The van der Waals surface area contributed by atoms with Gasteiger partial charge in [-0.2, -0.15) is 10.2 Å². The molecule has 2 aromatic heterocycles. The van der Waals surface area contributed by atoms with Gasteiger partial charge in [0.1, 0.15) is 0 Å². The summed E-state index contributed by atoms with van der Waals surface area (Å²) in [7, 11) is 0. The van der Waals surface area contributed by atoms with Gasteiger partial charge in [-0.15, -0.1) is 0 Å². The van der Waals surface area contributed by atoms with Crippen molar-refractivity contribution in [2.24, 2.45) is 5.73 Å². The monoisotopic (exact) mass is 748 g/mol. The second-order valence-electron chi connectivity index (χ2n) is 12.9. The van der Waals surface area contributed by atoms with E-state index < -0.39 is 12.0 Å². The number of hydrogen-bond acceptors (Lipinski definition) is 7. The van der Waals surface area contributed by atoms with Crippen molar-refractivity contribution >= 4 is 23.4 Å². The van der Waals surface area contributed by atoms with Gasteiger partial charge in [-0.05, 0) is 90.9 Å². The van der Waals surface area contributed by atoms with Crippen LogP contribution in [0.15, 0.2) is 97.1 Å². The minimum Gasteiger partial charge on any atom is -0.396 e. The van der Waals surface area contributed by atoms with Crippen molar-refractivity contribution in [1.82, 2.24) is 25.7 Å². The number of H-pyrrole nitrogens is 2. The lowest BCUT2D eigenvalue weighted by molar-refractivity contribution is 0.0915. The van der Waals surface area contributed by atoms with Crippen molar-refractivity contribution in [2.45, 2.75) is 45.6 Å². The number of aliphatic hydroxyl groups is 3. The van der Waals surface area contributed by atoms with Crippen molar-refractivity contribution < 1.29 is 24.9 Å². The number of rotatable bonds is 14. The van der Waals surface area contributed by atoms with Gasteiger partial charge in [0, 0.05) is 59.9 Å². The lowest BCUT2D eigenvalue weighted by Gasteiger charge is -2.13. The molecule has 6 aromatic rings. The Morgan fingerprint density at radius 1 is 0.741 bits per heavy atom. The summed E-state index contributed by atoms with van der Waals surface area (Å²) < 4.78 is 0. The number of nitrogens with one attached hydrogen (secondary N) is 3. The van der Waals surface area contributed by atoms with E-state index in [9.17, 15) is 14.7 Å². The molecule has 280 valence electrons. The fourth-order valence-corrected chi connectivity index (χ4v) is 6.27. The summed E-state index contributed by atoms with van der Waals surface area (Å²) in [6.07, 6.45) is 1.70. The standard InChI is InChI=1S/C21H22ClN3O2.C21H23N3O3/c1-13-15(7-6-14-4-2-3-5-19(14)22)10-16(11-18(13)21(23)27)20-12-17(8-9-26)24-25-20;1-14-7-8-16(19-12-17(9-10-25)23-24-19)11-18(14)21(27)22-13-20(26)15-5-3-2-4-6-15/h2-5,10-12,26H,6-9H2,1H3,(H2,23,27)(H,24,25);2-8,11-12,20,25-26H,9-10,13H2,1H3,(H,22,27)(H,23,24). The number of hydrogen-bond donors (Lipinski definition) is 7. The molecule has 11 nitrogen and oxygen atoms in total. The molecule has 1 unspecified atom stereocenters. The predicted molar refractivity (Wildman–Crippen MR) is 210 cm³/mol. The van der Waals surface area contributed by atoms with Gasteiger partial charge in [0.15, 0.2) is 0 Å². The maximum absolute atomic E-state index is 12.6. The number of nitrogens with zero attached hydrogens (tertiary/aromatic N) is 2. The summed E-state index contributed by atoms with van der Waals surface area (Å²) in [5.41, 5.74) is 16.0. The summed E-state index contributed by atoms with van der Waals surface area (Å²) in [5, 5.41) is 46.1. The minimum atomic E-state index is -0.757. The highest BCUT2D eigenvalue weighted by Crippen LogP contribution is 2.27. The summed E-state index contributed by atoms with van der Waals surface area (Å²) in [6, 6.07) is 30.2. The van der Waals surface area contributed by atoms with E-state index in [1.165, 1.54) is 0 Å². The quantitative estimate of drug-likeness (QED) is 0.0728. The Morgan fingerprint density at radius 2 is 1.33 bits per heavy atom. The number of aromatic nitrogens is 4. The summed E-state index contributed by atoms with van der Waals surface area (Å²) in [6.45, 7) is 3.99. The molecular weight excluding hydrogens is 704 g/mol. The van der Waals surface area contributed by atoms with Crippen LogP contribution in [0.25, 0.3) is 22.5 Å².